The van der Waals surface area contributed by atoms with Gasteiger partial charge in [-0.15, -0.1) is 0 Å². The zero-order valence-electron chi connectivity index (χ0n) is 9.83. The Morgan fingerprint density at radius 3 is 2.13 bits per heavy atom. The zero-order chi connectivity index (χ0) is 11.1. The van der Waals surface area contributed by atoms with E-state index in [4.69, 9.17) is 5.73 Å². The van der Waals surface area contributed by atoms with E-state index in [1.165, 1.54) is 18.7 Å². The highest BCUT2D eigenvalue weighted by Gasteiger charge is 2.34. The first kappa shape index (κ1) is 10.5. The Bertz CT molecular complexity index is 329. The van der Waals surface area contributed by atoms with Crippen molar-refractivity contribution >= 4 is 5.69 Å². The first-order chi connectivity index (χ1) is 6.97. The fraction of sp³-hybridized carbons (Fsp3) is 0.538. The Morgan fingerprint density at radius 2 is 1.67 bits per heavy atom. The van der Waals surface area contributed by atoms with Gasteiger partial charge in [0, 0.05) is 30.2 Å². The third-order valence-electron chi connectivity index (χ3n) is 3.24. The Hall–Kier alpha value is -1.02. The van der Waals surface area contributed by atoms with Gasteiger partial charge < -0.3 is 5.73 Å². The van der Waals surface area contributed by atoms with Crippen LogP contribution in [-0.4, -0.2) is 23.5 Å². The summed E-state index contributed by atoms with van der Waals surface area (Å²) in [5.41, 5.74) is 8.26. The van der Waals surface area contributed by atoms with Crippen molar-refractivity contribution in [3.8, 4) is 0 Å². The minimum atomic E-state index is 0.310. The summed E-state index contributed by atoms with van der Waals surface area (Å²) in [6.45, 7) is 9.16. The van der Waals surface area contributed by atoms with E-state index in [9.17, 15) is 0 Å². The van der Waals surface area contributed by atoms with Crippen molar-refractivity contribution in [1.29, 1.82) is 0 Å². The van der Waals surface area contributed by atoms with E-state index in [1.54, 1.807) is 0 Å². The number of anilines is 1. The molecule has 0 atom stereocenters. The molecule has 2 N–H and O–H groups in total. The van der Waals surface area contributed by atoms with Crippen molar-refractivity contribution in [3.05, 3.63) is 29.8 Å². The predicted molar refractivity (Wildman–Crippen MR) is 64.9 cm³/mol. The normalized spacial score (nSPS) is 18.9. The summed E-state index contributed by atoms with van der Waals surface area (Å²) in [7, 11) is 0. The molecule has 1 aromatic carbocycles. The minimum Gasteiger partial charge on any atom is -0.399 e. The van der Waals surface area contributed by atoms with Crippen LogP contribution in [0.25, 0.3) is 0 Å². The summed E-state index contributed by atoms with van der Waals surface area (Å²) < 4.78 is 0. The fourth-order valence-electron chi connectivity index (χ4n) is 2.01. The van der Waals surface area contributed by atoms with Crippen LogP contribution in [-0.2, 0) is 0 Å². The lowest BCUT2D eigenvalue weighted by molar-refractivity contribution is 0.0470. The van der Waals surface area contributed by atoms with Crippen LogP contribution in [0.3, 0.4) is 0 Å². The van der Waals surface area contributed by atoms with Gasteiger partial charge >= 0.3 is 0 Å². The number of nitrogens with zero attached hydrogens (tertiary/aromatic N) is 1. The Kier molecular flexibility index (Phi) is 2.47. The maximum absolute atomic E-state index is 5.67. The van der Waals surface area contributed by atoms with Crippen molar-refractivity contribution in [1.82, 2.24) is 4.90 Å². The molecule has 15 heavy (non-hydrogen) atoms. The number of hydrogen-bond acceptors (Lipinski definition) is 2. The molecule has 2 heteroatoms. The van der Waals surface area contributed by atoms with E-state index in [1.807, 2.05) is 12.1 Å². The van der Waals surface area contributed by atoms with E-state index >= 15 is 0 Å². The minimum absolute atomic E-state index is 0.310. The summed E-state index contributed by atoms with van der Waals surface area (Å²) in [4.78, 5) is 2.51. The average molecular weight is 204 g/mol. The van der Waals surface area contributed by atoms with Crippen LogP contribution in [0.4, 0.5) is 5.69 Å². The summed E-state index contributed by atoms with van der Waals surface area (Å²) in [5, 5.41) is 0. The lowest BCUT2D eigenvalue weighted by Gasteiger charge is -2.48. The number of nitrogens with two attached hydrogens (primary N) is 1. The first-order valence-electron chi connectivity index (χ1n) is 5.57. The third-order valence-corrected chi connectivity index (χ3v) is 3.24. The quantitative estimate of drug-likeness (QED) is 0.712. The molecule has 0 unspecified atom stereocenters. The molecular weight excluding hydrogens is 184 g/mol. The molecule has 1 saturated heterocycles. The number of hydrogen-bond donors (Lipinski definition) is 1. The van der Waals surface area contributed by atoms with Gasteiger partial charge in [0.15, 0.2) is 0 Å². The van der Waals surface area contributed by atoms with E-state index in [0.717, 1.165) is 5.69 Å². The molecule has 82 valence electrons. The van der Waals surface area contributed by atoms with Gasteiger partial charge in [0.2, 0.25) is 0 Å². The number of likely N-dealkylation sites (tertiary alicyclic amines) is 1. The molecule has 1 aliphatic rings. The average Bonchev–Trinajstić information content (AvgIpc) is 2.03. The van der Waals surface area contributed by atoms with Gasteiger partial charge in [-0.05, 0) is 38.5 Å². The maximum atomic E-state index is 5.67. The Labute approximate surface area is 92.1 Å². The number of rotatable bonds is 1. The van der Waals surface area contributed by atoms with Crippen LogP contribution in [0.15, 0.2) is 24.3 Å². The molecule has 1 heterocycles. The molecular formula is C13H20N2. The largest absolute Gasteiger partial charge is 0.399 e. The van der Waals surface area contributed by atoms with Gasteiger partial charge in [-0.1, -0.05) is 12.1 Å². The summed E-state index contributed by atoms with van der Waals surface area (Å²) in [6.07, 6.45) is 0. The monoisotopic (exact) mass is 204 g/mol. The van der Waals surface area contributed by atoms with Crippen LogP contribution in [0.1, 0.15) is 32.3 Å². The van der Waals surface area contributed by atoms with Gasteiger partial charge in [-0.2, -0.15) is 0 Å². The van der Waals surface area contributed by atoms with Crippen LogP contribution in [0.2, 0.25) is 0 Å². The third kappa shape index (κ3) is 2.15. The number of benzene rings is 1. The van der Waals surface area contributed by atoms with Crippen molar-refractivity contribution in [2.75, 3.05) is 18.8 Å². The number of nitrogen functional groups attached to an aromatic ring is 1. The van der Waals surface area contributed by atoms with Gasteiger partial charge in [0.05, 0.1) is 0 Å². The van der Waals surface area contributed by atoms with Crippen molar-refractivity contribution in [3.63, 3.8) is 0 Å². The molecule has 0 saturated carbocycles. The molecule has 2 rings (SSSR count). The lowest BCUT2D eigenvalue weighted by Crippen LogP contribution is -2.54. The van der Waals surface area contributed by atoms with Crippen molar-refractivity contribution < 1.29 is 0 Å². The van der Waals surface area contributed by atoms with Crippen LogP contribution in [0.5, 0.6) is 0 Å². The highest BCUT2D eigenvalue weighted by Crippen LogP contribution is 2.32. The Morgan fingerprint density at radius 1 is 1.13 bits per heavy atom. The zero-order valence-corrected chi connectivity index (χ0v) is 9.83. The summed E-state index contributed by atoms with van der Waals surface area (Å²) in [5.74, 6) is 0.699. The molecule has 0 spiro atoms. The van der Waals surface area contributed by atoms with Gasteiger partial charge in [0.1, 0.15) is 0 Å². The van der Waals surface area contributed by atoms with Gasteiger partial charge in [-0.25, -0.2) is 0 Å². The summed E-state index contributed by atoms with van der Waals surface area (Å²) in [6, 6.07) is 8.30. The second-order valence-electron chi connectivity index (χ2n) is 5.44. The van der Waals surface area contributed by atoms with E-state index in [-0.39, 0.29) is 0 Å². The molecule has 1 fully saturated rings. The van der Waals surface area contributed by atoms with Crippen molar-refractivity contribution in [2.45, 2.75) is 32.2 Å². The predicted octanol–water partition coefficient (Wildman–Crippen LogP) is 2.47. The molecule has 1 aliphatic heterocycles. The molecule has 0 aromatic heterocycles. The topological polar surface area (TPSA) is 29.3 Å². The van der Waals surface area contributed by atoms with Crippen LogP contribution >= 0.6 is 0 Å². The molecule has 2 nitrogen and oxygen atoms in total. The van der Waals surface area contributed by atoms with Crippen molar-refractivity contribution in [2.24, 2.45) is 0 Å². The molecule has 0 aliphatic carbocycles. The van der Waals surface area contributed by atoms with E-state index < -0.39 is 0 Å². The van der Waals surface area contributed by atoms with E-state index in [0.29, 0.717) is 11.5 Å². The smallest absolute Gasteiger partial charge is 0.0314 e. The summed E-state index contributed by atoms with van der Waals surface area (Å²) >= 11 is 0. The van der Waals surface area contributed by atoms with Crippen LogP contribution < -0.4 is 5.73 Å². The molecule has 0 amide bonds. The Balaban J connectivity index is 1.98. The fourth-order valence-corrected chi connectivity index (χ4v) is 2.01. The molecule has 0 bridgehead atoms. The highest BCUT2D eigenvalue weighted by molar-refractivity contribution is 5.40. The van der Waals surface area contributed by atoms with Crippen LogP contribution in [0, 0.1) is 0 Å². The van der Waals surface area contributed by atoms with Gasteiger partial charge in [0.25, 0.3) is 0 Å². The standard InChI is InChI=1S/C13H20N2/c1-13(2,3)15-8-11(9-15)10-4-6-12(14)7-5-10/h4-7,11H,8-9,14H2,1-3H3. The first-order valence-corrected chi connectivity index (χ1v) is 5.57. The highest BCUT2D eigenvalue weighted by atomic mass is 15.2. The molecule has 1 aromatic rings. The van der Waals surface area contributed by atoms with E-state index in [2.05, 4.69) is 37.8 Å². The SMILES string of the molecule is CC(C)(C)N1CC(c2ccc(N)cc2)C1. The second-order valence-corrected chi connectivity index (χ2v) is 5.44. The van der Waals surface area contributed by atoms with Gasteiger partial charge in [-0.3, -0.25) is 4.90 Å². The second kappa shape index (κ2) is 3.53. The maximum Gasteiger partial charge on any atom is 0.0314 e. The molecule has 0 radical (unpaired) electrons. The lowest BCUT2D eigenvalue weighted by atomic mass is 9.87.